The molecule has 0 bridgehead atoms. The van der Waals surface area contributed by atoms with Gasteiger partial charge in [0.05, 0.1) is 31.2 Å². The summed E-state index contributed by atoms with van der Waals surface area (Å²) in [6.07, 6.45) is 3.97. The molecule has 56 heavy (non-hydrogen) atoms. The number of esters is 1. The van der Waals surface area contributed by atoms with E-state index in [1.807, 2.05) is 32.1 Å². The number of hydrogen-bond donors (Lipinski definition) is 1. The van der Waals surface area contributed by atoms with Gasteiger partial charge in [-0.15, -0.1) is 13.2 Å². The standard InChI is InChI=1S/C44H53F4N3O5/c1-6-9-12-20-56-38-22-28(4)21-29(5)41(38)32-23-33(30-14-15-30)42(45)34(24-32)36(26-40(53)55-8-3)49-43(54)37(13-7-2)51-27-31(16-19-50-17-10-11-18-50)35(25-39(51)52)44(46,47)48/h6-7,21-25,27,30,36-37H,1-2,8-20,26H2,3-5H3,(H,49,54)/t36-,37-/m0/s1. The molecule has 1 saturated heterocycles. The van der Waals surface area contributed by atoms with Crippen LogP contribution in [0.3, 0.4) is 0 Å². The van der Waals surface area contributed by atoms with Crippen molar-refractivity contribution in [3.8, 4) is 16.9 Å². The lowest BCUT2D eigenvalue weighted by atomic mass is 9.90. The maximum Gasteiger partial charge on any atom is 0.416 e. The van der Waals surface area contributed by atoms with Gasteiger partial charge in [0.15, 0.2) is 0 Å². The van der Waals surface area contributed by atoms with Crippen molar-refractivity contribution in [1.82, 2.24) is 14.8 Å². The number of nitrogens with zero attached hydrogens (tertiary/aromatic N) is 2. The number of likely N-dealkylation sites (tertiary alicyclic amines) is 1. The Morgan fingerprint density at radius 3 is 2.43 bits per heavy atom. The number of allylic oxidation sites excluding steroid dienone is 2. The molecule has 2 fully saturated rings. The second-order valence-electron chi connectivity index (χ2n) is 14.8. The van der Waals surface area contributed by atoms with Crippen LogP contribution in [0.5, 0.6) is 5.75 Å². The highest BCUT2D eigenvalue weighted by Crippen LogP contribution is 2.46. The van der Waals surface area contributed by atoms with Crippen LogP contribution in [-0.4, -0.2) is 54.2 Å². The zero-order chi connectivity index (χ0) is 40.6. The Hall–Kier alpha value is -4.71. The molecule has 8 nitrogen and oxygen atoms in total. The minimum Gasteiger partial charge on any atom is -0.493 e. The Kier molecular flexibility index (Phi) is 14.4. The van der Waals surface area contributed by atoms with Gasteiger partial charge in [0.1, 0.15) is 17.6 Å². The van der Waals surface area contributed by atoms with Gasteiger partial charge in [-0.3, -0.25) is 14.4 Å². The van der Waals surface area contributed by atoms with E-state index in [0.717, 1.165) is 79.1 Å². The molecule has 1 saturated carbocycles. The SMILES string of the molecule is C=CCCCOc1cc(C)cc(C)c1-c1cc(C2CC2)c(F)c([C@H](CC(=O)OCC)NC(=O)[C@H](CC=C)n2cc(CCN3CCCC3)c(C(F)(F)F)cc2=O)c1. The van der Waals surface area contributed by atoms with E-state index in [9.17, 15) is 27.6 Å². The van der Waals surface area contributed by atoms with E-state index < -0.39 is 53.5 Å². The summed E-state index contributed by atoms with van der Waals surface area (Å²) in [4.78, 5) is 42.9. The molecule has 0 unspecified atom stereocenters. The number of benzene rings is 2. The number of ether oxygens (including phenoxy) is 2. The topological polar surface area (TPSA) is 89.9 Å². The molecule has 2 aliphatic rings. The van der Waals surface area contributed by atoms with Crippen molar-refractivity contribution in [2.24, 2.45) is 0 Å². The van der Waals surface area contributed by atoms with Crippen LogP contribution in [0.15, 0.2) is 66.6 Å². The van der Waals surface area contributed by atoms with Gasteiger partial charge >= 0.3 is 12.1 Å². The average Bonchev–Trinajstić information content (AvgIpc) is 3.85. The van der Waals surface area contributed by atoms with Crippen LogP contribution in [0.1, 0.15) is 110 Å². The Morgan fingerprint density at radius 2 is 1.79 bits per heavy atom. The number of amides is 1. The van der Waals surface area contributed by atoms with E-state index in [4.69, 9.17) is 9.47 Å². The van der Waals surface area contributed by atoms with E-state index in [-0.39, 0.29) is 36.5 Å². The summed E-state index contributed by atoms with van der Waals surface area (Å²) < 4.78 is 71.9. The Bertz CT molecular complexity index is 1960. The summed E-state index contributed by atoms with van der Waals surface area (Å²) in [6.45, 7) is 15.4. The third kappa shape index (κ3) is 10.6. The second kappa shape index (κ2) is 19.0. The summed E-state index contributed by atoms with van der Waals surface area (Å²) in [5.41, 5.74) is 1.58. The van der Waals surface area contributed by atoms with Gasteiger partial charge in [0.25, 0.3) is 5.56 Å². The molecule has 0 radical (unpaired) electrons. The molecule has 1 amide bonds. The molecule has 2 heterocycles. The van der Waals surface area contributed by atoms with Crippen LogP contribution < -0.4 is 15.6 Å². The fourth-order valence-electron chi connectivity index (χ4n) is 7.56. The third-order valence-electron chi connectivity index (χ3n) is 10.4. The first kappa shape index (κ1) is 42.4. The fourth-order valence-corrected chi connectivity index (χ4v) is 7.56. The van der Waals surface area contributed by atoms with Gasteiger partial charge in [0, 0.05) is 29.9 Å². The van der Waals surface area contributed by atoms with Crippen molar-refractivity contribution in [3.63, 3.8) is 0 Å². The number of alkyl halides is 3. The summed E-state index contributed by atoms with van der Waals surface area (Å²) in [5, 5.41) is 2.81. The smallest absolute Gasteiger partial charge is 0.416 e. The van der Waals surface area contributed by atoms with Crippen LogP contribution in [-0.2, 0) is 26.9 Å². The van der Waals surface area contributed by atoms with Gasteiger partial charge < -0.3 is 24.3 Å². The Labute approximate surface area is 326 Å². The molecular formula is C44H53F4N3O5. The molecule has 5 rings (SSSR count). The fraction of sp³-hybridized carbons (Fsp3) is 0.477. The minimum atomic E-state index is -4.78. The van der Waals surface area contributed by atoms with Crippen LogP contribution in [0.25, 0.3) is 11.1 Å². The first-order chi connectivity index (χ1) is 26.7. The second-order valence-corrected chi connectivity index (χ2v) is 14.8. The van der Waals surface area contributed by atoms with Crippen molar-refractivity contribution in [2.75, 3.05) is 32.8 Å². The molecule has 302 valence electrons. The Morgan fingerprint density at radius 1 is 1.05 bits per heavy atom. The lowest BCUT2D eigenvalue weighted by Crippen LogP contribution is -2.40. The third-order valence-corrected chi connectivity index (χ3v) is 10.4. The molecule has 1 aromatic heterocycles. The van der Waals surface area contributed by atoms with Crippen molar-refractivity contribution in [1.29, 1.82) is 0 Å². The number of rotatable bonds is 19. The van der Waals surface area contributed by atoms with Gasteiger partial charge in [0.2, 0.25) is 5.91 Å². The highest BCUT2D eigenvalue weighted by atomic mass is 19.4. The first-order valence-corrected chi connectivity index (χ1v) is 19.6. The minimum absolute atomic E-state index is 0.0172. The number of hydrogen-bond acceptors (Lipinski definition) is 6. The number of unbranched alkanes of at least 4 members (excludes halogenated alkanes) is 1. The molecule has 2 aromatic carbocycles. The quantitative estimate of drug-likeness (QED) is 0.0566. The van der Waals surface area contributed by atoms with E-state index in [1.165, 1.54) is 6.08 Å². The largest absolute Gasteiger partial charge is 0.493 e. The zero-order valence-electron chi connectivity index (χ0n) is 32.6. The van der Waals surface area contributed by atoms with E-state index >= 15 is 4.39 Å². The van der Waals surface area contributed by atoms with Crippen LogP contribution in [0.2, 0.25) is 0 Å². The maximum atomic E-state index is 16.8. The van der Waals surface area contributed by atoms with Gasteiger partial charge in [-0.05, 0) is 137 Å². The highest BCUT2D eigenvalue weighted by molar-refractivity contribution is 5.82. The van der Waals surface area contributed by atoms with Crippen molar-refractivity contribution in [2.45, 2.75) is 103 Å². The van der Waals surface area contributed by atoms with Gasteiger partial charge in [-0.25, -0.2) is 4.39 Å². The summed E-state index contributed by atoms with van der Waals surface area (Å²) in [7, 11) is 0. The van der Waals surface area contributed by atoms with Gasteiger partial charge in [-0.1, -0.05) is 18.2 Å². The highest BCUT2D eigenvalue weighted by Gasteiger charge is 2.37. The molecule has 3 aromatic rings. The van der Waals surface area contributed by atoms with Crippen LogP contribution >= 0.6 is 0 Å². The summed E-state index contributed by atoms with van der Waals surface area (Å²) in [6, 6.07) is 5.28. The maximum absolute atomic E-state index is 16.8. The first-order valence-electron chi connectivity index (χ1n) is 19.6. The van der Waals surface area contributed by atoms with Crippen LogP contribution in [0.4, 0.5) is 17.6 Å². The normalized spacial score (nSPS) is 15.6. The van der Waals surface area contributed by atoms with E-state index in [2.05, 4.69) is 23.4 Å². The zero-order valence-corrected chi connectivity index (χ0v) is 32.6. The number of halogens is 4. The molecule has 1 aliphatic carbocycles. The number of carbonyl (C=O) groups excluding carboxylic acids is 2. The van der Waals surface area contributed by atoms with E-state index in [0.29, 0.717) is 36.1 Å². The summed E-state index contributed by atoms with van der Waals surface area (Å²) >= 11 is 0. The van der Waals surface area contributed by atoms with Crippen molar-refractivity contribution >= 4 is 11.9 Å². The van der Waals surface area contributed by atoms with Gasteiger partial charge in [-0.2, -0.15) is 13.2 Å². The molecule has 2 atom stereocenters. The number of aryl methyl sites for hydroxylation is 2. The number of nitrogens with one attached hydrogen (secondary N) is 1. The predicted molar refractivity (Wildman–Crippen MR) is 209 cm³/mol. The lowest BCUT2D eigenvalue weighted by molar-refractivity contribution is -0.144. The molecule has 1 N–H and O–H groups in total. The lowest BCUT2D eigenvalue weighted by Gasteiger charge is -2.26. The predicted octanol–water partition coefficient (Wildman–Crippen LogP) is 9.08. The average molecular weight is 780 g/mol. The summed E-state index contributed by atoms with van der Waals surface area (Å²) in [5.74, 6) is -1.49. The van der Waals surface area contributed by atoms with Crippen molar-refractivity contribution in [3.05, 3.63) is 111 Å². The molecule has 1 aliphatic heterocycles. The molecular weight excluding hydrogens is 726 g/mol. The molecule has 0 spiro atoms. The monoisotopic (exact) mass is 779 g/mol. The number of carbonyl (C=O) groups is 2. The molecule has 12 heteroatoms. The van der Waals surface area contributed by atoms with Crippen molar-refractivity contribution < 1.29 is 36.6 Å². The van der Waals surface area contributed by atoms with E-state index in [1.54, 1.807) is 19.1 Å². The number of pyridine rings is 1. The Balaban J connectivity index is 1.58. The van der Waals surface area contributed by atoms with Crippen LogP contribution in [0, 0.1) is 19.7 Å². The number of aromatic nitrogens is 1.